The van der Waals surface area contributed by atoms with E-state index in [1.807, 2.05) is 0 Å². The number of allylic oxidation sites excluding steroid dienone is 4. The smallest absolute Gasteiger partial charge is 0.0462 e. The fraction of sp³-hybridized carbons (Fsp3) is 0.106. The first-order chi connectivity index (χ1) is 24.1. The summed E-state index contributed by atoms with van der Waals surface area (Å²) in [7, 11) is 0. The SMILES string of the molecule is CC1(C)c2cc(/C=C/c3ccc(N(c4ccccc4)c4ccccc4)cc3)ccc2-c2ccc(N(C3=CC=CCC3)c3ccccc3)cc21. The highest BCUT2D eigenvalue weighted by Crippen LogP contribution is 2.51. The van der Waals surface area contributed by atoms with Crippen molar-refractivity contribution in [1.29, 1.82) is 0 Å². The Labute approximate surface area is 290 Å². The van der Waals surface area contributed by atoms with Crippen molar-refractivity contribution in [3.05, 3.63) is 198 Å². The van der Waals surface area contributed by atoms with Crippen LogP contribution < -0.4 is 9.80 Å². The maximum Gasteiger partial charge on any atom is 0.0462 e. The number of fused-ring (bicyclic) bond motifs is 3. The Morgan fingerprint density at radius 2 is 0.980 bits per heavy atom. The van der Waals surface area contributed by atoms with Gasteiger partial charge < -0.3 is 9.80 Å². The van der Waals surface area contributed by atoms with Gasteiger partial charge in [-0.1, -0.05) is 129 Å². The molecule has 0 bridgehead atoms. The maximum atomic E-state index is 2.43. The number of para-hydroxylation sites is 3. The molecule has 0 aliphatic heterocycles. The van der Waals surface area contributed by atoms with Crippen molar-refractivity contribution in [2.75, 3.05) is 9.80 Å². The molecule has 49 heavy (non-hydrogen) atoms. The molecule has 0 fully saturated rings. The van der Waals surface area contributed by atoms with Crippen molar-refractivity contribution in [2.24, 2.45) is 0 Å². The zero-order valence-electron chi connectivity index (χ0n) is 28.1. The Bertz CT molecular complexity index is 2130. The quantitative estimate of drug-likeness (QED) is 0.154. The van der Waals surface area contributed by atoms with Crippen molar-refractivity contribution in [3.8, 4) is 11.1 Å². The largest absolute Gasteiger partial charge is 0.314 e. The van der Waals surface area contributed by atoms with Crippen LogP contribution >= 0.6 is 0 Å². The summed E-state index contributed by atoms with van der Waals surface area (Å²) in [6.45, 7) is 4.74. The molecule has 0 unspecified atom stereocenters. The van der Waals surface area contributed by atoms with Crippen LogP contribution in [0.3, 0.4) is 0 Å². The highest BCUT2D eigenvalue weighted by molar-refractivity contribution is 5.86. The third kappa shape index (κ3) is 5.91. The first-order valence-corrected chi connectivity index (χ1v) is 17.2. The van der Waals surface area contributed by atoms with Crippen LogP contribution in [-0.4, -0.2) is 0 Å². The molecule has 2 aliphatic rings. The van der Waals surface area contributed by atoms with Gasteiger partial charge in [-0.2, -0.15) is 0 Å². The topological polar surface area (TPSA) is 6.48 Å². The summed E-state index contributed by atoms with van der Waals surface area (Å²) < 4.78 is 0. The average Bonchev–Trinajstić information content (AvgIpc) is 3.38. The summed E-state index contributed by atoms with van der Waals surface area (Å²) >= 11 is 0. The van der Waals surface area contributed by atoms with Gasteiger partial charge in [0.05, 0.1) is 0 Å². The molecule has 0 radical (unpaired) electrons. The minimum Gasteiger partial charge on any atom is -0.314 e. The van der Waals surface area contributed by atoms with Gasteiger partial charge in [-0.15, -0.1) is 0 Å². The van der Waals surface area contributed by atoms with Crippen LogP contribution in [0.4, 0.5) is 28.4 Å². The molecule has 0 N–H and O–H groups in total. The molecule has 0 saturated carbocycles. The highest BCUT2D eigenvalue weighted by atomic mass is 15.2. The minimum absolute atomic E-state index is 0.117. The summed E-state index contributed by atoms with van der Waals surface area (Å²) in [5.41, 5.74) is 14.9. The molecule has 6 aromatic carbocycles. The standard InChI is InChI=1S/C47H40N2/c1-47(2)45-33-36(24-23-35-25-28-41(29-26-35)48(37-15-7-3-8-16-37)38-17-9-4-10-18-38)27-31-43(45)44-32-30-42(34-46(44)47)49(39-19-11-5-12-20-39)40-21-13-6-14-22-40/h3-13,15-21,23-34H,14,22H2,1-2H3/b24-23+. The number of hydrogen-bond acceptors (Lipinski definition) is 2. The lowest BCUT2D eigenvalue weighted by Crippen LogP contribution is -2.19. The van der Waals surface area contributed by atoms with Crippen molar-refractivity contribution in [2.45, 2.75) is 32.1 Å². The normalized spacial score (nSPS) is 14.3. The number of rotatable bonds is 8. The van der Waals surface area contributed by atoms with E-state index in [4.69, 9.17) is 0 Å². The Kier molecular flexibility index (Phi) is 8.07. The minimum atomic E-state index is -0.117. The number of hydrogen-bond donors (Lipinski definition) is 0. The van der Waals surface area contributed by atoms with E-state index in [2.05, 4.69) is 206 Å². The van der Waals surface area contributed by atoms with Crippen LogP contribution in [-0.2, 0) is 5.41 Å². The first-order valence-electron chi connectivity index (χ1n) is 17.2. The summed E-state index contributed by atoms with van der Waals surface area (Å²) in [5, 5.41) is 0. The molecule has 2 aliphatic carbocycles. The molecule has 8 rings (SSSR count). The van der Waals surface area contributed by atoms with Gasteiger partial charge in [-0.25, -0.2) is 0 Å². The van der Waals surface area contributed by atoms with Crippen molar-refractivity contribution < 1.29 is 0 Å². The maximum absolute atomic E-state index is 2.43. The van der Waals surface area contributed by atoms with Gasteiger partial charge in [0, 0.05) is 39.5 Å². The average molecular weight is 633 g/mol. The van der Waals surface area contributed by atoms with Gasteiger partial charge >= 0.3 is 0 Å². The third-order valence-corrected chi connectivity index (χ3v) is 9.88. The van der Waals surface area contributed by atoms with E-state index in [-0.39, 0.29) is 5.41 Å². The predicted molar refractivity (Wildman–Crippen MR) is 209 cm³/mol. The molecule has 6 aromatic rings. The van der Waals surface area contributed by atoms with Gasteiger partial charge in [-0.3, -0.25) is 0 Å². The lowest BCUT2D eigenvalue weighted by atomic mass is 9.81. The molecule has 0 spiro atoms. The molecule has 0 saturated heterocycles. The fourth-order valence-corrected chi connectivity index (χ4v) is 7.35. The lowest BCUT2D eigenvalue weighted by molar-refractivity contribution is 0.660. The lowest BCUT2D eigenvalue weighted by Gasteiger charge is -2.30. The Morgan fingerprint density at radius 1 is 0.490 bits per heavy atom. The summed E-state index contributed by atoms with van der Waals surface area (Å²) in [4.78, 5) is 4.72. The Morgan fingerprint density at radius 3 is 1.57 bits per heavy atom. The van der Waals surface area contributed by atoms with Crippen LogP contribution in [0.5, 0.6) is 0 Å². The van der Waals surface area contributed by atoms with E-state index >= 15 is 0 Å². The first kappa shape index (κ1) is 30.5. The molecule has 0 atom stereocenters. The number of benzene rings is 6. The number of nitrogens with zero attached hydrogens (tertiary/aromatic N) is 2. The van der Waals surface area contributed by atoms with Gasteiger partial charge in [0.15, 0.2) is 0 Å². The second kappa shape index (κ2) is 13.0. The van der Waals surface area contributed by atoms with Crippen LogP contribution in [0.15, 0.2) is 176 Å². The van der Waals surface area contributed by atoms with E-state index in [1.54, 1.807) is 0 Å². The van der Waals surface area contributed by atoms with Crippen LogP contribution in [0.1, 0.15) is 48.9 Å². The molecular formula is C47H40N2. The second-order valence-corrected chi connectivity index (χ2v) is 13.4. The van der Waals surface area contributed by atoms with Crippen molar-refractivity contribution in [3.63, 3.8) is 0 Å². The number of anilines is 5. The Balaban J connectivity index is 1.07. The molecule has 2 heteroatoms. The molecular weight excluding hydrogens is 593 g/mol. The van der Waals surface area contributed by atoms with Crippen molar-refractivity contribution >= 4 is 40.6 Å². The third-order valence-electron chi connectivity index (χ3n) is 9.88. The molecule has 0 amide bonds. The summed E-state index contributed by atoms with van der Waals surface area (Å²) in [6.07, 6.45) is 13.3. The van der Waals surface area contributed by atoms with E-state index in [1.165, 1.54) is 50.5 Å². The van der Waals surface area contributed by atoms with Gasteiger partial charge in [0.25, 0.3) is 0 Å². The van der Waals surface area contributed by atoms with Crippen LogP contribution in [0.2, 0.25) is 0 Å². The molecule has 238 valence electrons. The summed E-state index contributed by atoms with van der Waals surface area (Å²) in [6, 6.07) is 54.7. The van der Waals surface area contributed by atoms with Crippen LogP contribution in [0.25, 0.3) is 23.3 Å². The highest BCUT2D eigenvalue weighted by Gasteiger charge is 2.36. The van der Waals surface area contributed by atoms with Gasteiger partial charge in [0.2, 0.25) is 0 Å². The zero-order valence-corrected chi connectivity index (χ0v) is 28.1. The van der Waals surface area contributed by atoms with Crippen LogP contribution in [0, 0.1) is 0 Å². The van der Waals surface area contributed by atoms with Gasteiger partial charge in [0.1, 0.15) is 0 Å². The molecule has 2 nitrogen and oxygen atoms in total. The Hall–Kier alpha value is -5.86. The van der Waals surface area contributed by atoms with Crippen molar-refractivity contribution in [1.82, 2.24) is 0 Å². The van der Waals surface area contributed by atoms with E-state index < -0.39 is 0 Å². The predicted octanol–water partition coefficient (Wildman–Crippen LogP) is 13.0. The van der Waals surface area contributed by atoms with E-state index in [9.17, 15) is 0 Å². The fourth-order valence-electron chi connectivity index (χ4n) is 7.35. The van der Waals surface area contributed by atoms with E-state index in [0.717, 1.165) is 29.9 Å². The molecule has 0 heterocycles. The summed E-state index contributed by atoms with van der Waals surface area (Å²) in [5.74, 6) is 0. The van der Waals surface area contributed by atoms with E-state index in [0.29, 0.717) is 0 Å². The second-order valence-electron chi connectivity index (χ2n) is 13.4. The molecule has 0 aromatic heterocycles. The zero-order chi connectivity index (χ0) is 33.2. The van der Waals surface area contributed by atoms with Gasteiger partial charge in [-0.05, 0) is 113 Å². The monoisotopic (exact) mass is 632 g/mol.